The van der Waals surface area contributed by atoms with Crippen LogP contribution in [0.15, 0.2) is 53.1 Å². The van der Waals surface area contributed by atoms with Crippen molar-refractivity contribution in [2.24, 2.45) is 0 Å². The van der Waals surface area contributed by atoms with E-state index in [-0.39, 0.29) is 11.0 Å². The van der Waals surface area contributed by atoms with Crippen molar-refractivity contribution in [2.45, 2.75) is 40.4 Å². The van der Waals surface area contributed by atoms with Crippen molar-refractivity contribution in [3.63, 3.8) is 0 Å². The van der Waals surface area contributed by atoms with Crippen LogP contribution in [0.4, 0.5) is 29.1 Å². The molecule has 0 aliphatic heterocycles. The van der Waals surface area contributed by atoms with Crippen molar-refractivity contribution in [3.8, 4) is 11.5 Å². The zero-order valence-corrected chi connectivity index (χ0v) is 35.2. The van der Waals surface area contributed by atoms with E-state index < -0.39 is 8.07 Å². The number of rotatable bonds is 0. The van der Waals surface area contributed by atoms with Crippen molar-refractivity contribution in [1.82, 2.24) is 49.8 Å². The second kappa shape index (κ2) is 19.8. The van der Waals surface area contributed by atoms with Gasteiger partial charge in [0.1, 0.15) is 56.8 Å². The van der Waals surface area contributed by atoms with Crippen molar-refractivity contribution in [2.75, 3.05) is 28.7 Å². The third-order valence-electron chi connectivity index (χ3n) is 5.71. The first-order valence-electron chi connectivity index (χ1n) is 15.1. The second-order valence-corrected chi connectivity index (χ2v) is 19.9. The van der Waals surface area contributed by atoms with E-state index >= 15 is 0 Å². The summed E-state index contributed by atoms with van der Waals surface area (Å²) < 4.78 is 1.38. The van der Waals surface area contributed by atoms with Gasteiger partial charge in [-0.1, -0.05) is 48.8 Å². The van der Waals surface area contributed by atoms with E-state index in [0.29, 0.717) is 38.0 Å². The first-order chi connectivity index (χ1) is 24.9. The molecule has 0 saturated heterocycles. The molecule has 15 nitrogen and oxygen atoms in total. The third-order valence-corrected chi connectivity index (χ3v) is 9.58. The molecule has 276 valence electrons. The van der Waals surface area contributed by atoms with Crippen molar-refractivity contribution >= 4 is 120 Å². The van der Waals surface area contributed by atoms with Crippen LogP contribution in [0.1, 0.15) is 22.8 Å². The molecular formula is C32H36BrCl2N15S2Si. The van der Waals surface area contributed by atoms with Crippen LogP contribution in [-0.2, 0) is 0 Å². The Kier molecular flexibility index (Phi) is 15.9. The fourth-order valence-corrected chi connectivity index (χ4v) is 5.99. The first-order valence-corrected chi connectivity index (χ1v) is 21.9. The number of halogens is 3. The number of anilines is 5. The van der Waals surface area contributed by atoms with Gasteiger partial charge in [-0.05, 0) is 54.2 Å². The first kappa shape index (κ1) is 42.6. The summed E-state index contributed by atoms with van der Waals surface area (Å²) in [6.07, 6.45) is 7.80. The quantitative estimate of drug-likeness (QED) is 0.0763. The minimum atomic E-state index is -1.34. The zero-order valence-electron chi connectivity index (χ0n) is 29.4. The van der Waals surface area contributed by atoms with Gasteiger partial charge in [0.25, 0.3) is 0 Å². The lowest BCUT2D eigenvalue weighted by molar-refractivity contribution is 1.09. The molecule has 0 spiro atoms. The zero-order chi connectivity index (χ0) is 39.3. The van der Waals surface area contributed by atoms with Gasteiger partial charge < -0.3 is 28.7 Å². The Balaban J connectivity index is 0.000000181. The lowest BCUT2D eigenvalue weighted by Gasteiger charge is -2.03. The maximum atomic E-state index is 5.74. The molecule has 0 bridgehead atoms. The van der Waals surface area contributed by atoms with Crippen LogP contribution in [0, 0.1) is 32.2 Å². The number of aromatic nitrogens is 10. The third kappa shape index (κ3) is 15.0. The summed E-state index contributed by atoms with van der Waals surface area (Å²) in [5.74, 6) is 5.16. The standard InChI is InChI=1S/C10H15N3Si.C6H3Cl2N3S.C6H5N3S.C5H6BrN3.C5H7N3/c1-8-9(5-6-14(2,3)4)12-7-10(11)13-8;7-3-1-2-6(12-3)11-5(9)4(8)10-2;7-5-3-8-4-1-2-10-6(4)9-5;1-3-5(6)8-2-4(7)9-3;1-4-2-7-3-5(6)8-4/h7H,1-4H3,(H2,11,13);1H,(H2,9,11);1-3H,(H2,7,9);2H,1H3,(H2,7,9);2-3H,1H3,(H2,6,8). The molecule has 7 rings (SSSR count). The minimum absolute atomic E-state index is 0.219. The Bertz CT molecular complexity index is 2300. The van der Waals surface area contributed by atoms with Crippen molar-refractivity contribution < 1.29 is 0 Å². The van der Waals surface area contributed by atoms with Crippen molar-refractivity contribution in [1.29, 1.82) is 0 Å². The monoisotopic (exact) mass is 871 g/mol. The number of hydrogen-bond donors (Lipinski definition) is 5. The molecule has 0 amide bonds. The summed E-state index contributed by atoms with van der Waals surface area (Å²) in [5.41, 5.74) is 35.0. The molecule has 7 heterocycles. The highest BCUT2D eigenvalue weighted by molar-refractivity contribution is 9.10. The van der Waals surface area contributed by atoms with Gasteiger partial charge in [0, 0.05) is 6.20 Å². The van der Waals surface area contributed by atoms with E-state index in [1.165, 1.54) is 23.7 Å². The molecule has 0 aliphatic rings. The molecule has 0 aliphatic carbocycles. The Morgan fingerprint density at radius 2 is 1.32 bits per heavy atom. The number of nitrogens with two attached hydrogens (primary N) is 5. The maximum Gasteiger partial charge on any atom is 0.171 e. The lowest BCUT2D eigenvalue weighted by Crippen LogP contribution is -2.16. The highest BCUT2D eigenvalue weighted by Crippen LogP contribution is 2.29. The highest BCUT2D eigenvalue weighted by Gasteiger charge is 2.08. The number of nitrogen functional groups attached to an aromatic ring is 5. The smallest absolute Gasteiger partial charge is 0.171 e. The van der Waals surface area contributed by atoms with E-state index in [1.54, 1.807) is 36.0 Å². The number of fused-ring (bicyclic) bond motifs is 2. The summed E-state index contributed by atoms with van der Waals surface area (Å²) in [6, 6.07) is 3.63. The van der Waals surface area contributed by atoms with Gasteiger partial charge in [-0.25, -0.2) is 44.9 Å². The van der Waals surface area contributed by atoms with Crippen molar-refractivity contribution in [3.05, 3.63) is 85.4 Å². The molecule has 0 aromatic carbocycles. The minimum Gasteiger partial charge on any atom is -0.382 e. The van der Waals surface area contributed by atoms with E-state index in [4.69, 9.17) is 51.9 Å². The molecule has 7 aromatic heterocycles. The van der Waals surface area contributed by atoms with Gasteiger partial charge >= 0.3 is 0 Å². The maximum absolute atomic E-state index is 5.74. The fraction of sp³-hybridized carbons (Fsp3) is 0.188. The summed E-state index contributed by atoms with van der Waals surface area (Å²) in [5, 5.41) is 2.17. The number of hydrogen-bond acceptors (Lipinski definition) is 17. The topological polar surface area (TPSA) is 259 Å². The predicted molar refractivity (Wildman–Crippen MR) is 225 cm³/mol. The molecule has 21 heteroatoms. The van der Waals surface area contributed by atoms with Gasteiger partial charge in [0.2, 0.25) is 0 Å². The molecular weight excluding hydrogens is 837 g/mol. The normalized spacial score (nSPS) is 10.2. The van der Waals surface area contributed by atoms with E-state index in [2.05, 4.69) is 96.9 Å². The summed E-state index contributed by atoms with van der Waals surface area (Å²) in [4.78, 5) is 41.5. The number of thiophene rings is 2. The molecule has 7 aromatic rings. The van der Waals surface area contributed by atoms with Crippen LogP contribution < -0.4 is 28.7 Å². The van der Waals surface area contributed by atoms with Crippen LogP contribution in [0.2, 0.25) is 29.1 Å². The summed E-state index contributed by atoms with van der Waals surface area (Å²) >= 11 is 17.5. The SMILES string of the molecule is Cc1cncc(N)n1.Cc1nc(N)cnc1Br.Cc1nc(N)cnc1C#C[Si](C)(C)C.Nc1cnc2ccsc2n1.Nc1nc2sc(Cl)cc2nc1Cl. The molecule has 0 saturated carbocycles. The second-order valence-electron chi connectivity index (χ2n) is 11.5. The average Bonchev–Trinajstić information content (AvgIpc) is 3.68. The van der Waals surface area contributed by atoms with Crippen LogP contribution in [0.25, 0.3) is 20.7 Å². The van der Waals surface area contributed by atoms with E-state index in [1.807, 2.05) is 32.2 Å². The Hall–Kier alpha value is -4.84. The van der Waals surface area contributed by atoms with E-state index in [0.717, 1.165) is 37.7 Å². The molecule has 0 radical (unpaired) electrons. The van der Waals surface area contributed by atoms with Crippen LogP contribution >= 0.6 is 61.8 Å². The van der Waals surface area contributed by atoms with E-state index in [9.17, 15) is 0 Å². The molecule has 53 heavy (non-hydrogen) atoms. The average molecular weight is 874 g/mol. The van der Waals surface area contributed by atoms with Gasteiger partial charge in [0.05, 0.1) is 51.7 Å². The van der Waals surface area contributed by atoms with Gasteiger partial charge in [-0.15, -0.1) is 28.2 Å². The molecule has 10 N–H and O–H groups in total. The fourth-order valence-electron chi connectivity index (χ4n) is 3.42. The number of nitrogens with zero attached hydrogens (tertiary/aromatic N) is 10. The largest absolute Gasteiger partial charge is 0.382 e. The molecule has 0 unspecified atom stereocenters. The van der Waals surface area contributed by atoms with Crippen LogP contribution in [-0.4, -0.2) is 57.9 Å². The molecule has 0 atom stereocenters. The predicted octanol–water partition coefficient (Wildman–Crippen LogP) is 6.95. The summed E-state index contributed by atoms with van der Waals surface area (Å²) in [6.45, 7) is 12.1. The molecule has 0 fully saturated rings. The summed E-state index contributed by atoms with van der Waals surface area (Å²) in [7, 11) is -1.34. The van der Waals surface area contributed by atoms with Gasteiger partial charge in [-0.3, -0.25) is 4.98 Å². The Labute approximate surface area is 333 Å². The number of aryl methyl sites for hydroxylation is 3. The van der Waals surface area contributed by atoms with Gasteiger partial charge in [-0.2, -0.15) is 0 Å². The Morgan fingerprint density at radius 3 is 1.91 bits per heavy atom. The lowest BCUT2D eigenvalue weighted by atomic mass is 10.3. The van der Waals surface area contributed by atoms with Crippen LogP contribution in [0.3, 0.4) is 0 Å². The van der Waals surface area contributed by atoms with Gasteiger partial charge in [0.15, 0.2) is 11.0 Å². The Morgan fingerprint density at radius 1 is 0.698 bits per heavy atom. The van der Waals surface area contributed by atoms with Crippen LogP contribution in [0.5, 0.6) is 0 Å². The highest BCUT2D eigenvalue weighted by atomic mass is 79.9.